The molecular formula is C17H19N5O3S2. The molecule has 0 radical (unpaired) electrons. The molecule has 4 rings (SSSR count). The van der Waals surface area contributed by atoms with E-state index in [0.29, 0.717) is 21.6 Å². The fraction of sp³-hybridized carbons (Fsp3) is 0.412. The van der Waals surface area contributed by atoms with Crippen molar-refractivity contribution in [3.63, 3.8) is 0 Å². The molecule has 1 aromatic carbocycles. The summed E-state index contributed by atoms with van der Waals surface area (Å²) < 4.78 is 11.9. The number of H-pyrrole nitrogens is 1. The summed E-state index contributed by atoms with van der Waals surface area (Å²) >= 11 is 3.21. The molecule has 0 bridgehead atoms. The zero-order valence-corrected chi connectivity index (χ0v) is 16.6. The molecule has 0 saturated heterocycles. The van der Waals surface area contributed by atoms with E-state index >= 15 is 0 Å². The molecule has 2 aromatic heterocycles. The number of aromatic nitrogens is 4. The number of carbonyl (C=O) groups excluding carboxylic acids is 1. The highest BCUT2D eigenvalue weighted by atomic mass is 32.2. The number of carbonyl (C=O) groups is 1. The standard InChI is InChI=1S/C17H19N5O3S2/c1-24-11-7-10-13(8-12(11)25-2)27-15(14(10)26-9-5-3-4-6-9)16(23)18-17-19-21-22-20-17/h7-9H,3-6H2,1-2H3,(H2,18,19,20,21,22,23). The summed E-state index contributed by atoms with van der Waals surface area (Å²) in [5.41, 5.74) is 0. The van der Waals surface area contributed by atoms with Crippen LogP contribution in [-0.2, 0) is 0 Å². The van der Waals surface area contributed by atoms with Gasteiger partial charge in [-0.3, -0.25) is 10.1 Å². The normalized spacial score (nSPS) is 14.6. The van der Waals surface area contributed by atoms with E-state index in [9.17, 15) is 4.79 Å². The van der Waals surface area contributed by atoms with Gasteiger partial charge < -0.3 is 9.47 Å². The van der Waals surface area contributed by atoms with Gasteiger partial charge in [-0.2, -0.15) is 5.21 Å². The van der Waals surface area contributed by atoms with E-state index in [4.69, 9.17) is 9.47 Å². The third kappa shape index (κ3) is 3.59. The summed E-state index contributed by atoms with van der Waals surface area (Å²) in [4.78, 5) is 14.5. The molecule has 8 nitrogen and oxygen atoms in total. The molecule has 1 saturated carbocycles. The van der Waals surface area contributed by atoms with Gasteiger partial charge >= 0.3 is 0 Å². The maximum Gasteiger partial charge on any atom is 0.270 e. The highest BCUT2D eigenvalue weighted by Crippen LogP contribution is 2.46. The van der Waals surface area contributed by atoms with Crippen molar-refractivity contribution in [1.82, 2.24) is 20.6 Å². The molecule has 1 amide bonds. The summed E-state index contributed by atoms with van der Waals surface area (Å²) in [7, 11) is 3.22. The molecule has 1 aliphatic carbocycles. The molecular weight excluding hydrogens is 386 g/mol. The van der Waals surface area contributed by atoms with Crippen LogP contribution in [0.4, 0.5) is 5.95 Å². The Balaban J connectivity index is 1.78. The van der Waals surface area contributed by atoms with Crippen molar-refractivity contribution in [2.75, 3.05) is 19.5 Å². The number of anilines is 1. The summed E-state index contributed by atoms with van der Waals surface area (Å²) in [6, 6.07) is 3.87. The van der Waals surface area contributed by atoms with Crippen LogP contribution < -0.4 is 14.8 Å². The smallest absolute Gasteiger partial charge is 0.270 e. The van der Waals surface area contributed by atoms with Crippen LogP contribution >= 0.6 is 23.1 Å². The third-order valence-electron chi connectivity index (χ3n) is 4.51. The van der Waals surface area contributed by atoms with Crippen LogP contribution in [-0.4, -0.2) is 46.0 Å². The first-order valence-electron chi connectivity index (χ1n) is 8.59. The Morgan fingerprint density at radius 1 is 1.26 bits per heavy atom. The van der Waals surface area contributed by atoms with Gasteiger partial charge in [0.15, 0.2) is 11.5 Å². The van der Waals surface area contributed by atoms with Crippen molar-refractivity contribution in [3.05, 3.63) is 17.0 Å². The molecule has 27 heavy (non-hydrogen) atoms. The highest BCUT2D eigenvalue weighted by molar-refractivity contribution is 8.00. The Bertz CT molecular complexity index is 951. The topological polar surface area (TPSA) is 102 Å². The maximum absolute atomic E-state index is 12.9. The fourth-order valence-electron chi connectivity index (χ4n) is 3.21. The van der Waals surface area contributed by atoms with Gasteiger partial charge in [0.2, 0.25) is 0 Å². The minimum atomic E-state index is -0.240. The third-order valence-corrected chi connectivity index (χ3v) is 7.26. The van der Waals surface area contributed by atoms with E-state index < -0.39 is 0 Å². The zero-order valence-electron chi connectivity index (χ0n) is 14.9. The molecule has 10 heteroatoms. The lowest BCUT2D eigenvalue weighted by atomic mass is 10.2. The molecule has 0 spiro atoms. The molecule has 0 atom stereocenters. The molecule has 0 aliphatic heterocycles. The Morgan fingerprint density at radius 3 is 2.67 bits per heavy atom. The van der Waals surface area contributed by atoms with Crippen molar-refractivity contribution in [2.45, 2.75) is 35.8 Å². The largest absolute Gasteiger partial charge is 0.493 e. The van der Waals surface area contributed by atoms with Gasteiger partial charge in [0.05, 0.1) is 14.2 Å². The number of hydrogen-bond acceptors (Lipinski definition) is 8. The van der Waals surface area contributed by atoms with Crippen molar-refractivity contribution in [3.8, 4) is 11.5 Å². The summed E-state index contributed by atoms with van der Waals surface area (Å²) in [5, 5.41) is 17.6. The minimum absolute atomic E-state index is 0.157. The number of aromatic amines is 1. The van der Waals surface area contributed by atoms with Crippen molar-refractivity contribution in [1.29, 1.82) is 0 Å². The highest BCUT2D eigenvalue weighted by Gasteiger charge is 2.26. The van der Waals surface area contributed by atoms with E-state index in [1.165, 1.54) is 37.0 Å². The number of rotatable bonds is 6. The lowest BCUT2D eigenvalue weighted by molar-refractivity contribution is 0.102. The van der Waals surface area contributed by atoms with Gasteiger partial charge in [0.1, 0.15) is 4.88 Å². The van der Waals surface area contributed by atoms with Gasteiger partial charge in [0.25, 0.3) is 11.9 Å². The van der Waals surface area contributed by atoms with Gasteiger partial charge in [-0.25, -0.2) is 0 Å². The maximum atomic E-state index is 12.9. The molecule has 142 valence electrons. The van der Waals surface area contributed by atoms with Gasteiger partial charge in [-0.15, -0.1) is 28.2 Å². The average molecular weight is 406 g/mol. The number of nitrogens with one attached hydrogen (secondary N) is 2. The number of amides is 1. The molecule has 3 aromatic rings. The van der Waals surface area contributed by atoms with Crippen LogP contribution in [0, 0.1) is 0 Å². The molecule has 2 heterocycles. The number of fused-ring (bicyclic) bond motifs is 1. The first-order chi connectivity index (χ1) is 13.2. The molecule has 2 N–H and O–H groups in total. The van der Waals surface area contributed by atoms with Gasteiger partial charge in [0, 0.05) is 26.3 Å². The second-order valence-corrected chi connectivity index (χ2v) is 8.54. The van der Waals surface area contributed by atoms with Crippen LogP contribution in [0.25, 0.3) is 10.1 Å². The van der Waals surface area contributed by atoms with Crippen molar-refractivity contribution in [2.24, 2.45) is 0 Å². The summed E-state index contributed by atoms with van der Waals surface area (Å²) in [6.45, 7) is 0. The van der Waals surface area contributed by atoms with Crippen LogP contribution in [0.2, 0.25) is 0 Å². The van der Waals surface area contributed by atoms with Gasteiger partial charge in [-0.05, 0) is 24.1 Å². The number of benzene rings is 1. The number of thiophene rings is 1. The van der Waals surface area contributed by atoms with Crippen LogP contribution in [0.5, 0.6) is 11.5 Å². The average Bonchev–Trinajstić information content (AvgIpc) is 3.43. The van der Waals surface area contributed by atoms with Crippen molar-refractivity contribution < 1.29 is 14.3 Å². The number of ether oxygens (including phenoxy) is 2. The Morgan fingerprint density at radius 2 is 2.00 bits per heavy atom. The molecule has 1 fully saturated rings. The van der Waals surface area contributed by atoms with Crippen LogP contribution in [0.1, 0.15) is 35.4 Å². The number of methoxy groups -OCH3 is 2. The SMILES string of the molecule is COc1cc2sc(C(=O)Nc3nn[nH]n3)c(SC3CCCC3)c2cc1OC. The number of nitrogens with zero attached hydrogens (tertiary/aromatic N) is 3. The quantitative estimate of drug-likeness (QED) is 0.644. The molecule has 1 aliphatic rings. The predicted octanol–water partition coefficient (Wildman–Crippen LogP) is 3.72. The summed E-state index contributed by atoms with van der Waals surface area (Å²) in [6.07, 6.45) is 4.81. The monoisotopic (exact) mass is 405 g/mol. The van der Waals surface area contributed by atoms with E-state index in [1.54, 1.807) is 26.0 Å². The van der Waals surface area contributed by atoms with Crippen LogP contribution in [0.15, 0.2) is 17.0 Å². The van der Waals surface area contributed by atoms with E-state index in [-0.39, 0.29) is 11.9 Å². The first kappa shape index (κ1) is 18.1. The number of hydrogen-bond donors (Lipinski definition) is 2. The predicted molar refractivity (Wildman–Crippen MR) is 105 cm³/mol. The van der Waals surface area contributed by atoms with Gasteiger partial charge in [-0.1, -0.05) is 17.9 Å². The van der Waals surface area contributed by atoms with E-state index in [1.807, 2.05) is 12.1 Å². The molecule has 0 unspecified atom stereocenters. The van der Waals surface area contributed by atoms with E-state index in [0.717, 1.165) is 15.0 Å². The summed E-state index contributed by atoms with van der Waals surface area (Å²) in [5.74, 6) is 1.22. The second kappa shape index (κ2) is 7.73. The van der Waals surface area contributed by atoms with E-state index in [2.05, 4.69) is 25.9 Å². The Kier molecular flexibility index (Phi) is 5.17. The van der Waals surface area contributed by atoms with Crippen LogP contribution in [0.3, 0.4) is 0 Å². The minimum Gasteiger partial charge on any atom is -0.493 e. The number of tetrazole rings is 1. The number of thioether (sulfide) groups is 1. The lowest BCUT2D eigenvalue weighted by Gasteiger charge is -2.11. The fourth-order valence-corrected chi connectivity index (χ4v) is 5.95. The lowest BCUT2D eigenvalue weighted by Crippen LogP contribution is -2.12. The van der Waals surface area contributed by atoms with Crippen molar-refractivity contribution >= 4 is 45.0 Å². The first-order valence-corrected chi connectivity index (χ1v) is 10.3. The Labute approximate surface area is 164 Å². The Hall–Kier alpha value is -2.33. The second-order valence-electron chi connectivity index (χ2n) is 6.18. The zero-order chi connectivity index (χ0) is 18.8.